The molecule has 42 heavy (non-hydrogen) atoms. The second-order valence-electron chi connectivity index (χ2n) is 10.9. The first-order valence-corrected chi connectivity index (χ1v) is 15.1. The molecule has 234 valence electrons. The van der Waals surface area contributed by atoms with Crippen molar-refractivity contribution in [1.29, 1.82) is 0 Å². The third-order valence-corrected chi connectivity index (χ3v) is 7.64. The molecule has 1 fully saturated rings. The van der Waals surface area contributed by atoms with E-state index in [1.807, 2.05) is 12.2 Å². The normalized spacial score (nSPS) is 20.0. The van der Waals surface area contributed by atoms with E-state index in [9.17, 15) is 34.7 Å². The maximum Gasteiger partial charge on any atom is 0.330 e. The molecule has 0 spiro atoms. The van der Waals surface area contributed by atoms with Gasteiger partial charge in [-0.2, -0.15) is 0 Å². The summed E-state index contributed by atoms with van der Waals surface area (Å²) in [4.78, 5) is 51.3. The van der Waals surface area contributed by atoms with Crippen molar-refractivity contribution < 1.29 is 39.3 Å². The van der Waals surface area contributed by atoms with Crippen LogP contribution in [0.3, 0.4) is 0 Å². The molecule has 0 bridgehead atoms. The number of unbranched alkanes of at least 4 members (excludes halogenated alkanes) is 5. The average Bonchev–Trinajstić information content (AvgIpc) is 3.23. The van der Waals surface area contributed by atoms with Crippen molar-refractivity contribution in [3.8, 4) is 5.75 Å². The van der Waals surface area contributed by atoms with Crippen molar-refractivity contribution >= 4 is 17.7 Å². The van der Waals surface area contributed by atoms with E-state index in [0.29, 0.717) is 50.5 Å². The lowest BCUT2D eigenvalue weighted by Crippen LogP contribution is -2.31. The molecule has 0 saturated heterocycles. The molecule has 0 heterocycles. The Morgan fingerprint density at radius 1 is 1.00 bits per heavy atom. The third kappa shape index (κ3) is 13.6. The Morgan fingerprint density at radius 3 is 2.50 bits per heavy atom. The number of allylic oxidation sites excluding steroid dienone is 2. The zero-order valence-electron chi connectivity index (χ0n) is 24.6. The van der Waals surface area contributed by atoms with Crippen molar-refractivity contribution in [3.63, 3.8) is 0 Å². The molecule has 11 heteroatoms. The lowest BCUT2D eigenvalue weighted by Gasteiger charge is -2.22. The maximum atomic E-state index is 12.3. The monoisotopic (exact) mass is 590 g/mol. The highest BCUT2D eigenvalue weighted by Gasteiger charge is 2.40. The predicted molar refractivity (Wildman–Crippen MR) is 156 cm³/mol. The Labute approximate surface area is 247 Å². The number of aliphatic hydroxyl groups excluding tert-OH is 2. The van der Waals surface area contributed by atoms with Gasteiger partial charge in [0.2, 0.25) is 5.91 Å². The number of benzene rings is 1. The van der Waals surface area contributed by atoms with Crippen LogP contribution in [0.5, 0.6) is 5.75 Å². The van der Waals surface area contributed by atoms with E-state index in [-0.39, 0.29) is 48.8 Å². The first kappa shape index (κ1) is 34.9. The van der Waals surface area contributed by atoms with E-state index in [2.05, 4.69) is 17.1 Å². The zero-order valence-corrected chi connectivity index (χ0v) is 24.6. The van der Waals surface area contributed by atoms with Crippen LogP contribution in [0.2, 0.25) is 0 Å². The van der Waals surface area contributed by atoms with Crippen LogP contribution in [0.4, 0.5) is 0 Å². The molecule has 1 amide bonds. The van der Waals surface area contributed by atoms with Crippen LogP contribution in [0, 0.1) is 22.0 Å². The topological polar surface area (TPSA) is 165 Å². The molecular weight excluding hydrogens is 544 g/mol. The molecule has 1 saturated carbocycles. The van der Waals surface area contributed by atoms with Crippen molar-refractivity contribution in [1.82, 2.24) is 5.32 Å². The molecule has 1 aromatic carbocycles. The van der Waals surface area contributed by atoms with Crippen LogP contribution in [-0.2, 0) is 25.8 Å². The number of nitrogens with one attached hydrogen (secondary N) is 1. The molecule has 1 aliphatic rings. The number of hydrogen-bond acceptors (Lipinski definition) is 9. The second kappa shape index (κ2) is 19.7. The van der Waals surface area contributed by atoms with Crippen LogP contribution in [0.25, 0.3) is 0 Å². The summed E-state index contributed by atoms with van der Waals surface area (Å²) in [5.74, 6) is -0.874. The number of nitrogens with zero attached hydrogens (tertiary/aromatic N) is 1. The molecule has 1 aromatic rings. The fraction of sp³-hybridized carbons (Fsp3) is 0.645. The summed E-state index contributed by atoms with van der Waals surface area (Å²) in [7, 11) is 0. The van der Waals surface area contributed by atoms with E-state index >= 15 is 0 Å². The van der Waals surface area contributed by atoms with Crippen LogP contribution in [0.1, 0.15) is 96.0 Å². The molecular formula is C31H46N2O9. The van der Waals surface area contributed by atoms with Crippen LogP contribution < -0.4 is 10.1 Å². The van der Waals surface area contributed by atoms with Crippen molar-refractivity contribution in [2.75, 3.05) is 6.54 Å². The summed E-state index contributed by atoms with van der Waals surface area (Å²) in [6.07, 6.45) is 12.2. The smallest absolute Gasteiger partial charge is 0.330 e. The molecule has 0 aromatic heterocycles. The number of carbonyl (C=O) groups excluding carboxylic acids is 3. The summed E-state index contributed by atoms with van der Waals surface area (Å²) in [5, 5.41) is 32.9. The number of carbonyl (C=O) groups is 3. The van der Waals surface area contributed by atoms with Crippen LogP contribution >= 0.6 is 0 Å². The second-order valence-corrected chi connectivity index (χ2v) is 10.9. The first-order chi connectivity index (χ1) is 20.2. The molecule has 3 N–H and O–H groups in total. The van der Waals surface area contributed by atoms with E-state index in [4.69, 9.17) is 4.74 Å². The number of para-hydroxylation sites is 1. The molecule has 0 radical (unpaired) electrons. The van der Waals surface area contributed by atoms with E-state index in [1.54, 1.807) is 12.1 Å². The quantitative estimate of drug-likeness (QED) is 0.0463. The summed E-state index contributed by atoms with van der Waals surface area (Å²) in [6.45, 7) is 1.45. The van der Waals surface area contributed by atoms with Gasteiger partial charge in [0.1, 0.15) is 24.7 Å². The van der Waals surface area contributed by atoms with E-state index in [1.165, 1.54) is 25.0 Å². The Morgan fingerprint density at radius 2 is 1.74 bits per heavy atom. The number of ketones is 1. The Balaban J connectivity index is 1.64. The van der Waals surface area contributed by atoms with Gasteiger partial charge >= 0.3 is 5.97 Å². The van der Waals surface area contributed by atoms with Gasteiger partial charge < -0.3 is 25.1 Å². The minimum atomic E-state index is -0.935. The highest BCUT2D eigenvalue weighted by atomic mass is 16.9. The van der Waals surface area contributed by atoms with E-state index in [0.717, 1.165) is 19.3 Å². The standard InChI is InChI=1S/C31H46N2O9/c1-2-3-4-5-8-14-24(34)18-19-26-25(27(35)20-28(26)36)15-9-6-7-10-17-30(37)32-21-31(38)42-29-16-12-11-13-23(29)22-41-33(39)40/h6,9,11-13,16,25-28,35-36H,2-5,7-8,10,14-15,17-22H2,1H3,(H,32,37)/t25-,26-,27+,28-/m1/s1. The fourth-order valence-corrected chi connectivity index (χ4v) is 5.30. The number of rotatable bonds is 21. The highest BCUT2D eigenvalue weighted by Crippen LogP contribution is 2.38. The molecule has 4 atom stereocenters. The lowest BCUT2D eigenvalue weighted by molar-refractivity contribution is -0.763. The van der Waals surface area contributed by atoms with Gasteiger partial charge in [-0.25, -0.2) is 4.79 Å². The number of aliphatic hydroxyl groups is 2. The van der Waals surface area contributed by atoms with Crippen molar-refractivity contribution in [2.24, 2.45) is 11.8 Å². The van der Waals surface area contributed by atoms with Gasteiger partial charge in [0.05, 0.1) is 12.2 Å². The SMILES string of the molecule is CCCCCCCC(=O)CC[C@@H]1[C@@H](CC=CCCCC(=O)NCC(=O)Oc2ccccc2CO[N+](=O)[O-])[C@@H](O)C[C@H]1O. The number of amides is 1. The fourth-order valence-electron chi connectivity index (χ4n) is 5.30. The third-order valence-electron chi connectivity index (χ3n) is 7.64. The van der Waals surface area contributed by atoms with Gasteiger partial charge in [-0.1, -0.05) is 63.0 Å². The molecule has 1 aliphatic carbocycles. The predicted octanol–water partition coefficient (Wildman–Crippen LogP) is 4.60. The van der Waals surface area contributed by atoms with E-state index < -0.39 is 23.3 Å². The van der Waals surface area contributed by atoms with Gasteiger partial charge in [-0.15, -0.1) is 10.1 Å². The van der Waals surface area contributed by atoms with Crippen LogP contribution in [0.15, 0.2) is 36.4 Å². The summed E-state index contributed by atoms with van der Waals surface area (Å²) in [5.41, 5.74) is 0.327. The van der Waals surface area contributed by atoms with Gasteiger partial charge in [0, 0.05) is 24.8 Å². The van der Waals surface area contributed by atoms with Crippen molar-refractivity contribution in [3.05, 3.63) is 52.1 Å². The average molecular weight is 591 g/mol. The highest BCUT2D eigenvalue weighted by molar-refractivity contribution is 5.83. The Bertz CT molecular complexity index is 1030. The van der Waals surface area contributed by atoms with Crippen molar-refractivity contribution in [2.45, 2.75) is 109 Å². The number of hydrogen-bond donors (Lipinski definition) is 3. The molecule has 2 rings (SSSR count). The first-order valence-electron chi connectivity index (χ1n) is 15.1. The van der Waals surface area contributed by atoms with Gasteiger partial charge in [0.25, 0.3) is 5.09 Å². The molecule has 11 nitrogen and oxygen atoms in total. The lowest BCUT2D eigenvalue weighted by atomic mass is 9.86. The minimum absolute atomic E-state index is 0.0980. The largest absolute Gasteiger partial charge is 0.425 e. The number of esters is 1. The van der Waals surface area contributed by atoms with Gasteiger partial charge in [-0.3, -0.25) is 9.59 Å². The number of ether oxygens (including phenoxy) is 1. The molecule has 0 unspecified atom stereocenters. The number of Topliss-reactive ketones (excluding diaryl/α,β-unsaturated/α-hetero) is 1. The zero-order chi connectivity index (χ0) is 30.7. The summed E-state index contributed by atoms with van der Waals surface area (Å²) >= 11 is 0. The maximum absolute atomic E-state index is 12.3. The van der Waals surface area contributed by atoms with Crippen LogP contribution in [-0.4, -0.2) is 51.7 Å². The Hall–Kier alpha value is -3.31. The Kier molecular flexibility index (Phi) is 16.4. The van der Waals surface area contributed by atoms with Gasteiger partial charge in [0.15, 0.2) is 0 Å². The minimum Gasteiger partial charge on any atom is -0.425 e. The van der Waals surface area contributed by atoms with Gasteiger partial charge in [-0.05, 0) is 56.4 Å². The summed E-state index contributed by atoms with van der Waals surface area (Å²) < 4.78 is 5.20. The molecule has 0 aliphatic heterocycles. The summed E-state index contributed by atoms with van der Waals surface area (Å²) in [6, 6.07) is 6.25.